The number of hydrogen-bond acceptors (Lipinski definition) is 15. The summed E-state index contributed by atoms with van der Waals surface area (Å²) in [6.07, 6.45) is 58.0. The van der Waals surface area contributed by atoms with E-state index in [0.717, 1.165) is 95.8 Å². The van der Waals surface area contributed by atoms with Crippen molar-refractivity contribution < 1.29 is 80.2 Å². The summed E-state index contributed by atoms with van der Waals surface area (Å²) in [6, 6.07) is 0. The van der Waals surface area contributed by atoms with Gasteiger partial charge in [-0.2, -0.15) is 0 Å². The van der Waals surface area contributed by atoms with E-state index in [1.807, 2.05) is 0 Å². The molecule has 0 spiro atoms. The molecule has 0 aromatic heterocycles. The molecule has 6 atom stereocenters. The molecule has 0 fully saturated rings. The van der Waals surface area contributed by atoms with Crippen LogP contribution in [0.1, 0.15) is 401 Å². The maximum absolute atomic E-state index is 13.1. The summed E-state index contributed by atoms with van der Waals surface area (Å²) in [6.45, 7) is 7.33. The zero-order valence-corrected chi connectivity index (χ0v) is 63.6. The second kappa shape index (κ2) is 69.2. The Hall–Kier alpha value is -1.94. The molecule has 564 valence electrons. The van der Waals surface area contributed by atoms with Crippen LogP contribution < -0.4 is 0 Å². The number of carbonyl (C=O) groups is 4. The Morgan fingerprint density at radius 1 is 0.295 bits per heavy atom. The Morgan fingerprint density at radius 2 is 0.505 bits per heavy atom. The van der Waals surface area contributed by atoms with Crippen LogP contribution in [0.3, 0.4) is 0 Å². The monoisotopic (exact) mass is 1400 g/mol. The van der Waals surface area contributed by atoms with Crippen molar-refractivity contribution in [1.82, 2.24) is 0 Å². The van der Waals surface area contributed by atoms with Crippen molar-refractivity contribution in [3.8, 4) is 0 Å². The smallest absolute Gasteiger partial charge is 0.462 e. The van der Waals surface area contributed by atoms with Crippen molar-refractivity contribution in [3.05, 3.63) is 0 Å². The molecule has 0 heterocycles. The van der Waals surface area contributed by atoms with Gasteiger partial charge in [0.2, 0.25) is 0 Å². The first kappa shape index (κ1) is 93.1. The highest BCUT2D eigenvalue weighted by molar-refractivity contribution is 7.47. The van der Waals surface area contributed by atoms with Gasteiger partial charge in [0.05, 0.1) is 26.4 Å². The lowest BCUT2D eigenvalue weighted by Gasteiger charge is -2.21. The summed E-state index contributed by atoms with van der Waals surface area (Å²) in [5.41, 5.74) is 0. The predicted molar refractivity (Wildman–Crippen MR) is 386 cm³/mol. The molecule has 3 unspecified atom stereocenters. The molecule has 0 aliphatic heterocycles. The van der Waals surface area contributed by atoms with Crippen molar-refractivity contribution in [2.24, 2.45) is 5.92 Å². The Labute approximate surface area is 581 Å². The van der Waals surface area contributed by atoms with E-state index < -0.39 is 97.5 Å². The largest absolute Gasteiger partial charge is 0.472 e. The summed E-state index contributed by atoms with van der Waals surface area (Å²) < 4.78 is 68.6. The highest BCUT2D eigenvalue weighted by atomic mass is 31.2. The minimum Gasteiger partial charge on any atom is -0.462 e. The normalized spacial score (nSPS) is 14.2. The molecule has 0 saturated carbocycles. The summed E-state index contributed by atoms with van der Waals surface area (Å²) in [5, 5.41) is 10.6. The van der Waals surface area contributed by atoms with Gasteiger partial charge in [0.25, 0.3) is 0 Å². The average molecular weight is 1400 g/mol. The average Bonchev–Trinajstić information content (AvgIpc) is 2.65. The van der Waals surface area contributed by atoms with Gasteiger partial charge in [0, 0.05) is 25.7 Å². The van der Waals surface area contributed by atoms with E-state index in [1.165, 1.54) is 225 Å². The lowest BCUT2D eigenvalue weighted by molar-refractivity contribution is -0.161. The van der Waals surface area contributed by atoms with Crippen LogP contribution in [-0.2, 0) is 65.4 Å². The fourth-order valence-corrected chi connectivity index (χ4v) is 13.3. The molecule has 95 heavy (non-hydrogen) atoms. The van der Waals surface area contributed by atoms with Crippen molar-refractivity contribution >= 4 is 39.5 Å². The molecule has 0 saturated heterocycles. The third kappa shape index (κ3) is 69.0. The van der Waals surface area contributed by atoms with Gasteiger partial charge in [-0.3, -0.25) is 37.3 Å². The first-order valence-electron chi connectivity index (χ1n) is 39.7. The van der Waals surface area contributed by atoms with Crippen molar-refractivity contribution in [2.75, 3.05) is 39.6 Å². The number of carbonyl (C=O) groups excluding carboxylic acids is 4. The predicted octanol–water partition coefficient (Wildman–Crippen LogP) is 22.5. The minimum atomic E-state index is -4.96. The van der Waals surface area contributed by atoms with E-state index in [-0.39, 0.29) is 25.7 Å². The number of hydrogen-bond donors (Lipinski definition) is 3. The Morgan fingerprint density at radius 3 is 0.747 bits per heavy atom. The third-order valence-corrected chi connectivity index (χ3v) is 20.0. The van der Waals surface area contributed by atoms with Crippen LogP contribution in [0.5, 0.6) is 0 Å². The quantitative estimate of drug-likeness (QED) is 0.0222. The van der Waals surface area contributed by atoms with Crippen LogP contribution >= 0.6 is 15.6 Å². The van der Waals surface area contributed by atoms with Crippen molar-refractivity contribution in [1.29, 1.82) is 0 Å². The minimum absolute atomic E-state index is 0.107. The van der Waals surface area contributed by atoms with Gasteiger partial charge in [-0.1, -0.05) is 349 Å². The summed E-state index contributed by atoms with van der Waals surface area (Å²) in [7, 11) is -9.91. The molecule has 0 bridgehead atoms. The Bertz CT molecular complexity index is 1820. The molecule has 0 aliphatic carbocycles. The van der Waals surface area contributed by atoms with E-state index >= 15 is 0 Å². The molecule has 0 aromatic carbocycles. The van der Waals surface area contributed by atoms with Crippen LogP contribution in [0.4, 0.5) is 0 Å². The van der Waals surface area contributed by atoms with Crippen LogP contribution in [-0.4, -0.2) is 96.7 Å². The summed E-state index contributed by atoms with van der Waals surface area (Å²) in [5.74, 6) is -1.31. The van der Waals surface area contributed by atoms with Crippen LogP contribution in [0.25, 0.3) is 0 Å². The fourth-order valence-electron chi connectivity index (χ4n) is 11.7. The van der Waals surface area contributed by atoms with Gasteiger partial charge in [0.1, 0.15) is 19.3 Å². The van der Waals surface area contributed by atoms with E-state index in [0.29, 0.717) is 25.7 Å². The number of rotatable bonds is 76. The maximum Gasteiger partial charge on any atom is 0.472 e. The van der Waals surface area contributed by atoms with Crippen LogP contribution in [0, 0.1) is 5.92 Å². The van der Waals surface area contributed by atoms with Gasteiger partial charge in [-0.25, -0.2) is 9.13 Å². The van der Waals surface area contributed by atoms with Crippen LogP contribution in [0.2, 0.25) is 0 Å². The summed E-state index contributed by atoms with van der Waals surface area (Å²) >= 11 is 0. The van der Waals surface area contributed by atoms with E-state index in [4.69, 9.17) is 37.0 Å². The Kier molecular flexibility index (Phi) is 67.7. The molecule has 3 N–H and O–H groups in total. The third-order valence-electron chi connectivity index (χ3n) is 18.1. The van der Waals surface area contributed by atoms with Gasteiger partial charge < -0.3 is 33.8 Å². The topological polar surface area (TPSA) is 237 Å². The van der Waals surface area contributed by atoms with E-state index in [2.05, 4.69) is 34.6 Å². The number of aliphatic hydroxyl groups excluding tert-OH is 1. The number of aliphatic hydroxyl groups is 1. The molecular weight excluding hydrogens is 1250 g/mol. The van der Waals surface area contributed by atoms with Gasteiger partial charge in [0.15, 0.2) is 12.2 Å². The molecular formula is C76H148O17P2. The lowest BCUT2D eigenvalue weighted by Crippen LogP contribution is -2.30. The molecule has 0 rings (SSSR count). The summed E-state index contributed by atoms with van der Waals surface area (Å²) in [4.78, 5) is 72.8. The number of ether oxygens (including phenoxy) is 4. The lowest BCUT2D eigenvalue weighted by atomic mass is 9.99. The van der Waals surface area contributed by atoms with E-state index in [9.17, 15) is 43.2 Å². The second-order valence-electron chi connectivity index (χ2n) is 27.6. The van der Waals surface area contributed by atoms with Crippen LogP contribution in [0.15, 0.2) is 0 Å². The molecule has 0 radical (unpaired) electrons. The Balaban J connectivity index is 5.26. The highest BCUT2D eigenvalue weighted by Gasteiger charge is 2.30. The number of unbranched alkanes of at least 4 members (excludes halogenated alkanes) is 47. The van der Waals surface area contributed by atoms with E-state index in [1.54, 1.807) is 0 Å². The second-order valence-corrected chi connectivity index (χ2v) is 30.5. The SMILES string of the molecule is CCCCCCCCCCCCCCCCCC(=O)OC[C@H](COP(=O)(O)OC[C@@H](O)COP(=O)(O)OC[C@@H](COC(=O)CCCCCCCCCCCCC)OC(=O)CCCCCCCCCCCCC(C)CC)OC(=O)CCCCCCCCCCCCCCCCC. The fraction of sp³-hybridized carbons (Fsp3) is 0.947. The van der Waals surface area contributed by atoms with Gasteiger partial charge in [-0.05, 0) is 31.6 Å². The number of esters is 4. The standard InChI is InChI=1S/C76H148O17P2/c1-6-10-13-16-19-22-25-27-29-31-34-40-45-50-55-60-74(79)87-66-71(92-75(80)61-56-51-46-41-35-32-30-28-26-23-20-17-14-11-7-2)67-90-94(82,83)88-63-70(77)64-89-95(84,85)91-68-72(65-86-73(78)59-54-49-44-39-33-24-21-18-15-12-8-3)93-76(81)62-57-52-47-42-37-36-38-43-48-53-58-69(5)9-4/h69-72,77H,6-68H2,1-5H3,(H,82,83)(H,84,85)/t69?,70-,71-,72-/m1/s1. The molecule has 0 aliphatic rings. The van der Waals surface area contributed by atoms with Crippen molar-refractivity contribution in [3.63, 3.8) is 0 Å². The number of phosphoric ester groups is 2. The van der Waals surface area contributed by atoms with Crippen molar-refractivity contribution in [2.45, 2.75) is 419 Å². The number of phosphoric acid groups is 2. The van der Waals surface area contributed by atoms with Gasteiger partial charge in [-0.15, -0.1) is 0 Å². The maximum atomic E-state index is 13.1. The zero-order valence-electron chi connectivity index (χ0n) is 61.8. The first-order chi connectivity index (χ1) is 46.1. The molecule has 0 amide bonds. The molecule has 17 nitrogen and oxygen atoms in total. The highest BCUT2D eigenvalue weighted by Crippen LogP contribution is 2.45. The molecule has 0 aromatic rings. The first-order valence-corrected chi connectivity index (χ1v) is 42.7. The molecule has 19 heteroatoms. The zero-order chi connectivity index (χ0) is 69.8. The van der Waals surface area contributed by atoms with Gasteiger partial charge >= 0.3 is 39.5 Å².